The number of nitrogens with zero attached hydrogens (tertiary/aromatic N) is 9. The van der Waals surface area contributed by atoms with E-state index in [1.54, 1.807) is 32.0 Å². The average molecular weight is 853 g/mol. The van der Waals surface area contributed by atoms with E-state index in [1.165, 1.54) is 56.0 Å². The van der Waals surface area contributed by atoms with Crippen molar-refractivity contribution < 1.29 is 9.85 Å². The van der Waals surface area contributed by atoms with Gasteiger partial charge in [-0.15, -0.1) is 0 Å². The van der Waals surface area contributed by atoms with Gasteiger partial charge < -0.3 is 26.2 Å². The van der Waals surface area contributed by atoms with Gasteiger partial charge in [0.25, 0.3) is 11.4 Å². The molecule has 0 spiro atoms. The molecule has 1 unspecified atom stereocenters. The molecule has 3 aromatic heterocycles. The molecule has 6 heterocycles. The molecule has 0 aromatic carbocycles. The van der Waals surface area contributed by atoms with Gasteiger partial charge in [0.05, 0.1) is 21.2 Å². The number of nitro groups is 2. The number of piperidine rings is 3. The second kappa shape index (κ2) is 22.0. The molecule has 57 heavy (non-hydrogen) atoms. The van der Waals surface area contributed by atoms with Crippen LogP contribution in [-0.2, 0) is 6.42 Å². The quantitative estimate of drug-likeness (QED) is 0.0630. The van der Waals surface area contributed by atoms with E-state index < -0.39 is 4.92 Å². The Morgan fingerprint density at radius 3 is 1.91 bits per heavy atom. The number of hydrogen-bond acceptors (Lipinski definition) is 11. The van der Waals surface area contributed by atoms with Crippen molar-refractivity contribution in [3.8, 4) is 0 Å². The smallest absolute Gasteiger partial charge is 0.290 e. The molecule has 1 atom stereocenters. The van der Waals surface area contributed by atoms with Gasteiger partial charge in [0, 0.05) is 43.7 Å². The first-order valence-electron chi connectivity index (χ1n) is 19.4. The van der Waals surface area contributed by atoms with Gasteiger partial charge in [-0.1, -0.05) is 26.0 Å². The minimum atomic E-state index is -0.450. The van der Waals surface area contributed by atoms with E-state index in [0.29, 0.717) is 27.8 Å². The normalized spacial score (nSPS) is 18.8. The second-order valence-electron chi connectivity index (χ2n) is 16.1. The number of nitrogens with two attached hydrogens (primary N) is 2. The Hall–Kier alpha value is -4.38. The molecule has 0 aliphatic carbocycles. The molecule has 3 aromatic rings. The first-order chi connectivity index (χ1) is 26.7. The number of pyridine rings is 3. The van der Waals surface area contributed by atoms with Crippen LogP contribution in [0.25, 0.3) is 0 Å². The third-order valence-electron chi connectivity index (χ3n) is 10.7. The molecule has 3 aliphatic rings. The van der Waals surface area contributed by atoms with E-state index in [2.05, 4.69) is 98.2 Å². The summed E-state index contributed by atoms with van der Waals surface area (Å²) < 4.78 is 0.612. The molecule has 0 radical (unpaired) electrons. The molecule has 3 saturated heterocycles. The maximum absolute atomic E-state index is 10.7. The summed E-state index contributed by atoms with van der Waals surface area (Å²) in [5.41, 5.74) is 17.6. The first-order valence-corrected chi connectivity index (χ1v) is 20.2. The molecule has 3 fully saturated rings. The van der Waals surface area contributed by atoms with E-state index in [1.807, 2.05) is 13.1 Å². The van der Waals surface area contributed by atoms with E-state index in [4.69, 9.17) is 11.5 Å². The van der Waals surface area contributed by atoms with Crippen LogP contribution < -0.4 is 11.5 Å². The van der Waals surface area contributed by atoms with Crippen molar-refractivity contribution in [3.05, 3.63) is 102 Å². The highest BCUT2D eigenvalue weighted by Gasteiger charge is 2.36. The minimum Gasteiger partial charge on any atom is -0.370 e. The Morgan fingerprint density at radius 1 is 0.860 bits per heavy atom. The predicted molar refractivity (Wildman–Crippen MR) is 232 cm³/mol. The van der Waals surface area contributed by atoms with Gasteiger partial charge in [-0.25, -0.2) is 9.98 Å². The molecular weight excluding hydrogens is 790 g/mol. The number of aryl methyl sites for hydroxylation is 3. The van der Waals surface area contributed by atoms with Crippen LogP contribution >= 0.6 is 15.9 Å². The van der Waals surface area contributed by atoms with Crippen LogP contribution in [0.15, 0.2) is 58.3 Å². The molecule has 0 amide bonds. The van der Waals surface area contributed by atoms with Gasteiger partial charge in [0.1, 0.15) is 16.0 Å². The zero-order chi connectivity index (χ0) is 42.4. The molecule has 16 heteroatoms. The molecule has 312 valence electrons. The number of likely N-dealkylation sites (tertiary alicyclic amines) is 3. The van der Waals surface area contributed by atoms with Crippen molar-refractivity contribution in [3.63, 3.8) is 0 Å². The fourth-order valence-electron chi connectivity index (χ4n) is 7.35. The Labute approximate surface area is 346 Å². The number of hydrogen-bond donors (Lipinski definition) is 2. The van der Waals surface area contributed by atoms with Crippen molar-refractivity contribution in [2.75, 3.05) is 60.4 Å². The molecule has 15 nitrogen and oxygen atoms in total. The number of aliphatic imine (C=N–C) groups is 1. The van der Waals surface area contributed by atoms with Gasteiger partial charge in [0.2, 0.25) is 0 Å². The summed E-state index contributed by atoms with van der Waals surface area (Å²) in [6.07, 6.45) is 8.83. The zero-order valence-electron chi connectivity index (χ0n) is 35.0. The van der Waals surface area contributed by atoms with Crippen LogP contribution in [-0.4, -0.2) is 106 Å². The van der Waals surface area contributed by atoms with Crippen molar-refractivity contribution in [2.24, 2.45) is 27.8 Å². The van der Waals surface area contributed by atoms with E-state index in [-0.39, 0.29) is 27.7 Å². The van der Waals surface area contributed by atoms with Gasteiger partial charge in [0.15, 0.2) is 5.96 Å². The van der Waals surface area contributed by atoms with E-state index in [9.17, 15) is 20.2 Å². The summed E-state index contributed by atoms with van der Waals surface area (Å²) in [7, 11) is 6.48. The fraction of sp³-hybridized carbons (Fsp3) is 0.561. The lowest BCUT2D eigenvalue weighted by atomic mass is 9.71. The predicted octanol–water partition coefficient (Wildman–Crippen LogP) is 7.25. The average Bonchev–Trinajstić information content (AvgIpc) is 3.12. The van der Waals surface area contributed by atoms with Gasteiger partial charge in [-0.2, -0.15) is 0 Å². The van der Waals surface area contributed by atoms with Gasteiger partial charge in [-0.05, 0) is 157 Å². The molecule has 0 bridgehead atoms. The zero-order valence-corrected chi connectivity index (χ0v) is 36.6. The van der Waals surface area contributed by atoms with E-state index in [0.717, 1.165) is 56.1 Å². The Kier molecular flexibility index (Phi) is 18.1. The molecule has 6 rings (SSSR count). The largest absolute Gasteiger partial charge is 0.370 e. The summed E-state index contributed by atoms with van der Waals surface area (Å²) in [4.78, 5) is 44.1. The van der Waals surface area contributed by atoms with Gasteiger partial charge in [-0.3, -0.25) is 30.2 Å². The summed E-state index contributed by atoms with van der Waals surface area (Å²) in [5.74, 6) is 1.23. The van der Waals surface area contributed by atoms with Crippen molar-refractivity contribution in [1.82, 2.24) is 29.7 Å². The summed E-state index contributed by atoms with van der Waals surface area (Å²) in [6.45, 7) is 20.7. The van der Waals surface area contributed by atoms with Crippen LogP contribution in [0.2, 0.25) is 0 Å². The SMILES string of the molecule is C=C1CCN(C)CC1.Cc1nc(Br)ccc1[N+](=O)[O-].Cc1nc(CC2CCN(C)CC2)ccc1[N+](=O)[O-].Cc1ncc(C2CCN(C)CC2(C)C)cc1N=C(N)N. The van der Waals surface area contributed by atoms with Crippen LogP contribution in [0.5, 0.6) is 0 Å². The fourth-order valence-corrected chi connectivity index (χ4v) is 7.75. The van der Waals surface area contributed by atoms with Crippen LogP contribution in [0, 0.1) is 52.3 Å². The van der Waals surface area contributed by atoms with Crippen molar-refractivity contribution >= 4 is 39.0 Å². The van der Waals surface area contributed by atoms with Gasteiger partial charge >= 0.3 is 0 Å². The summed E-state index contributed by atoms with van der Waals surface area (Å²) in [6, 6.07) is 8.42. The summed E-state index contributed by atoms with van der Waals surface area (Å²) in [5, 5.41) is 21.0. The Bertz CT molecular complexity index is 1850. The lowest BCUT2D eigenvalue weighted by molar-refractivity contribution is -0.385. The highest BCUT2D eigenvalue weighted by molar-refractivity contribution is 9.10. The van der Waals surface area contributed by atoms with Crippen LogP contribution in [0.4, 0.5) is 17.1 Å². The first kappa shape index (κ1) is 47.0. The lowest BCUT2D eigenvalue weighted by Crippen LogP contribution is -2.42. The van der Waals surface area contributed by atoms with E-state index >= 15 is 0 Å². The highest BCUT2D eigenvalue weighted by atomic mass is 79.9. The molecule has 4 N–H and O–H groups in total. The molecular formula is C41H62BrN11O4. The molecule has 0 saturated carbocycles. The highest BCUT2D eigenvalue weighted by Crippen LogP contribution is 2.42. The third kappa shape index (κ3) is 15.5. The number of guanidine groups is 1. The Balaban J connectivity index is 0.000000215. The van der Waals surface area contributed by atoms with Crippen LogP contribution in [0.3, 0.4) is 0 Å². The maximum atomic E-state index is 10.7. The molecule has 3 aliphatic heterocycles. The Morgan fingerprint density at radius 2 is 1.40 bits per heavy atom. The van der Waals surface area contributed by atoms with Crippen LogP contribution in [0.1, 0.15) is 80.2 Å². The standard InChI is InChI=1S/C15H25N5.C13H19N3O2.C7H13N.C6H5BrN2O2/c1-10-13(19-14(16)17)7-11(8-18-10)12-5-6-20(4)9-15(12,2)3;1-10-13(16(17)18)4-3-12(14-10)9-11-5-7-15(2)8-6-11;1-7-3-5-8(2)6-4-7;1-4-5(9(10)11)2-3-6(7)8-4/h7-8,12H,5-6,9H2,1-4H3,(H4,16,17,19);3-4,11H,5-9H2,1-2H3;1,3-6H2,2H3;2-3H,1H3. The second-order valence-corrected chi connectivity index (χ2v) is 17.0. The lowest BCUT2D eigenvalue weighted by Gasteiger charge is -2.43. The minimum absolute atomic E-state index is 0.0493. The topological polar surface area (TPSA) is 199 Å². The number of rotatable bonds is 6. The number of halogens is 1. The summed E-state index contributed by atoms with van der Waals surface area (Å²) >= 11 is 3.11. The van der Waals surface area contributed by atoms with Crippen molar-refractivity contribution in [1.29, 1.82) is 0 Å². The number of aromatic nitrogens is 3. The maximum Gasteiger partial charge on any atom is 0.290 e. The third-order valence-corrected chi connectivity index (χ3v) is 11.2. The van der Waals surface area contributed by atoms with Crippen molar-refractivity contribution in [2.45, 2.75) is 79.1 Å². The monoisotopic (exact) mass is 851 g/mol.